The Labute approximate surface area is 101 Å². The molecule has 0 aliphatic heterocycles. The summed E-state index contributed by atoms with van der Waals surface area (Å²) in [6.45, 7) is 4.99. The van der Waals surface area contributed by atoms with Crippen molar-refractivity contribution in [3.8, 4) is 0 Å². The number of halogens is 1. The molecule has 1 aromatic rings. The summed E-state index contributed by atoms with van der Waals surface area (Å²) >= 11 is 6.18. The van der Waals surface area contributed by atoms with E-state index in [2.05, 4.69) is 12.0 Å². The summed E-state index contributed by atoms with van der Waals surface area (Å²) in [6, 6.07) is 0. The second-order valence-electron chi connectivity index (χ2n) is 4.50. The van der Waals surface area contributed by atoms with Crippen LogP contribution in [-0.4, -0.2) is 15.6 Å². The summed E-state index contributed by atoms with van der Waals surface area (Å²) in [5.74, 6) is 0.698. The standard InChI is InChI=1S/C12H17ClN2O/c1-3-6-15-12(10(13)7-14-15)9-4-5-11(16)8(9)2/h7-9H,3-6H2,1-2H3. The molecule has 1 fully saturated rings. The van der Waals surface area contributed by atoms with E-state index in [9.17, 15) is 4.79 Å². The maximum atomic E-state index is 11.6. The van der Waals surface area contributed by atoms with Crippen LogP contribution in [0, 0.1) is 5.92 Å². The predicted molar refractivity (Wildman–Crippen MR) is 63.7 cm³/mol. The zero-order valence-electron chi connectivity index (χ0n) is 9.74. The molecule has 88 valence electrons. The van der Waals surface area contributed by atoms with Gasteiger partial charge in [-0.25, -0.2) is 0 Å². The molecule has 1 aromatic heterocycles. The van der Waals surface area contributed by atoms with Crippen LogP contribution in [0.3, 0.4) is 0 Å². The quantitative estimate of drug-likeness (QED) is 0.814. The first-order valence-corrected chi connectivity index (χ1v) is 6.26. The Kier molecular flexibility index (Phi) is 3.33. The lowest BCUT2D eigenvalue weighted by Gasteiger charge is -2.16. The predicted octanol–water partition coefficient (Wildman–Crippen LogP) is 3.03. The Morgan fingerprint density at radius 1 is 1.62 bits per heavy atom. The molecule has 0 amide bonds. The van der Waals surface area contributed by atoms with Crippen LogP contribution in [0.4, 0.5) is 0 Å². The molecule has 4 heteroatoms. The Bertz CT molecular complexity index is 400. The van der Waals surface area contributed by atoms with E-state index < -0.39 is 0 Å². The third-order valence-electron chi connectivity index (χ3n) is 3.43. The number of nitrogens with zero attached hydrogens (tertiary/aromatic N) is 2. The van der Waals surface area contributed by atoms with Crippen LogP contribution in [0.2, 0.25) is 5.02 Å². The molecule has 2 atom stereocenters. The van der Waals surface area contributed by atoms with Crippen molar-refractivity contribution in [1.29, 1.82) is 0 Å². The average Bonchev–Trinajstić information content (AvgIpc) is 2.75. The number of ketones is 1. The molecular weight excluding hydrogens is 224 g/mol. The van der Waals surface area contributed by atoms with Crippen molar-refractivity contribution in [2.45, 2.75) is 45.6 Å². The molecule has 1 heterocycles. The van der Waals surface area contributed by atoms with Gasteiger partial charge in [-0.15, -0.1) is 0 Å². The molecule has 0 saturated heterocycles. The van der Waals surface area contributed by atoms with Crippen molar-refractivity contribution in [2.75, 3.05) is 0 Å². The minimum Gasteiger partial charge on any atom is -0.299 e. The number of carbonyl (C=O) groups excluding carboxylic acids is 1. The van der Waals surface area contributed by atoms with Gasteiger partial charge in [0.15, 0.2) is 0 Å². The van der Waals surface area contributed by atoms with Gasteiger partial charge in [-0.1, -0.05) is 25.4 Å². The second kappa shape index (κ2) is 4.58. The minimum atomic E-state index is 0.0878. The third kappa shape index (κ3) is 1.88. The normalized spacial score (nSPS) is 25.3. The van der Waals surface area contributed by atoms with E-state index in [0.717, 1.165) is 25.1 Å². The van der Waals surface area contributed by atoms with Gasteiger partial charge in [-0.05, 0) is 12.8 Å². The number of aryl methyl sites for hydroxylation is 1. The first-order valence-electron chi connectivity index (χ1n) is 5.89. The Morgan fingerprint density at radius 2 is 2.38 bits per heavy atom. The van der Waals surface area contributed by atoms with Crippen molar-refractivity contribution in [1.82, 2.24) is 9.78 Å². The second-order valence-corrected chi connectivity index (χ2v) is 4.91. The molecule has 2 unspecified atom stereocenters. The molecular formula is C12H17ClN2O. The first-order chi connectivity index (χ1) is 7.65. The molecule has 0 N–H and O–H groups in total. The number of aromatic nitrogens is 2. The van der Waals surface area contributed by atoms with Gasteiger partial charge >= 0.3 is 0 Å². The smallest absolute Gasteiger partial charge is 0.136 e. The number of carbonyl (C=O) groups is 1. The van der Waals surface area contributed by atoms with Crippen LogP contribution in [-0.2, 0) is 11.3 Å². The fraction of sp³-hybridized carbons (Fsp3) is 0.667. The molecule has 3 nitrogen and oxygen atoms in total. The zero-order valence-corrected chi connectivity index (χ0v) is 10.5. The maximum absolute atomic E-state index is 11.6. The van der Waals surface area contributed by atoms with Crippen molar-refractivity contribution in [2.24, 2.45) is 5.92 Å². The highest BCUT2D eigenvalue weighted by Crippen LogP contribution is 2.39. The molecule has 0 bridgehead atoms. The summed E-state index contributed by atoms with van der Waals surface area (Å²) in [5, 5.41) is 4.99. The van der Waals surface area contributed by atoms with Crippen molar-refractivity contribution in [3.05, 3.63) is 16.9 Å². The highest BCUT2D eigenvalue weighted by molar-refractivity contribution is 6.31. The number of Topliss-reactive ketones (excluding diaryl/α,β-unsaturated/α-hetero) is 1. The van der Waals surface area contributed by atoms with Crippen molar-refractivity contribution >= 4 is 17.4 Å². The van der Waals surface area contributed by atoms with E-state index in [1.807, 2.05) is 11.6 Å². The molecule has 1 aliphatic rings. The van der Waals surface area contributed by atoms with E-state index in [-0.39, 0.29) is 11.8 Å². The third-order valence-corrected chi connectivity index (χ3v) is 3.72. The van der Waals surface area contributed by atoms with Crippen molar-refractivity contribution < 1.29 is 4.79 Å². The maximum Gasteiger partial charge on any atom is 0.136 e. The van der Waals surface area contributed by atoms with E-state index in [4.69, 9.17) is 11.6 Å². The fourth-order valence-electron chi connectivity index (χ4n) is 2.50. The number of hydrogen-bond donors (Lipinski definition) is 0. The van der Waals surface area contributed by atoms with Crippen LogP contribution in [0.25, 0.3) is 0 Å². The molecule has 0 radical (unpaired) electrons. The van der Waals surface area contributed by atoms with Gasteiger partial charge in [0.25, 0.3) is 0 Å². The van der Waals surface area contributed by atoms with Crippen LogP contribution >= 0.6 is 11.6 Å². The van der Waals surface area contributed by atoms with Crippen molar-refractivity contribution in [3.63, 3.8) is 0 Å². The lowest BCUT2D eigenvalue weighted by Crippen LogP contribution is -2.14. The lowest BCUT2D eigenvalue weighted by molar-refractivity contribution is -0.120. The monoisotopic (exact) mass is 240 g/mol. The van der Waals surface area contributed by atoms with Crippen LogP contribution < -0.4 is 0 Å². The molecule has 0 aromatic carbocycles. The minimum absolute atomic E-state index is 0.0878. The Balaban J connectivity index is 2.32. The molecule has 2 rings (SSSR count). The molecule has 16 heavy (non-hydrogen) atoms. The lowest BCUT2D eigenvalue weighted by atomic mass is 9.94. The zero-order chi connectivity index (χ0) is 11.7. The first kappa shape index (κ1) is 11.6. The number of rotatable bonds is 3. The van der Waals surface area contributed by atoms with Gasteiger partial charge in [0, 0.05) is 24.8 Å². The largest absolute Gasteiger partial charge is 0.299 e. The summed E-state index contributed by atoms with van der Waals surface area (Å²) in [4.78, 5) is 11.6. The summed E-state index contributed by atoms with van der Waals surface area (Å²) in [5.41, 5.74) is 1.06. The van der Waals surface area contributed by atoms with Gasteiger partial charge in [-0.2, -0.15) is 5.10 Å². The Morgan fingerprint density at radius 3 is 2.94 bits per heavy atom. The van der Waals surface area contributed by atoms with E-state index >= 15 is 0 Å². The average molecular weight is 241 g/mol. The molecule has 1 saturated carbocycles. The van der Waals surface area contributed by atoms with E-state index in [0.29, 0.717) is 17.2 Å². The van der Waals surface area contributed by atoms with Crippen LogP contribution in [0.15, 0.2) is 6.20 Å². The topological polar surface area (TPSA) is 34.9 Å². The fourth-order valence-corrected chi connectivity index (χ4v) is 2.79. The highest BCUT2D eigenvalue weighted by atomic mass is 35.5. The van der Waals surface area contributed by atoms with Gasteiger partial charge in [0.05, 0.1) is 16.9 Å². The highest BCUT2D eigenvalue weighted by Gasteiger charge is 2.35. The summed E-state index contributed by atoms with van der Waals surface area (Å²) in [7, 11) is 0. The van der Waals surface area contributed by atoms with E-state index in [1.54, 1.807) is 6.20 Å². The van der Waals surface area contributed by atoms with Crippen LogP contribution in [0.5, 0.6) is 0 Å². The van der Waals surface area contributed by atoms with Gasteiger partial charge in [-0.3, -0.25) is 9.48 Å². The SMILES string of the molecule is CCCn1ncc(Cl)c1C1CCC(=O)C1C. The summed E-state index contributed by atoms with van der Waals surface area (Å²) < 4.78 is 1.96. The number of hydrogen-bond acceptors (Lipinski definition) is 2. The molecule has 1 aliphatic carbocycles. The van der Waals surface area contributed by atoms with Gasteiger partial charge in [0.2, 0.25) is 0 Å². The summed E-state index contributed by atoms with van der Waals surface area (Å²) in [6.07, 6.45) is 4.32. The van der Waals surface area contributed by atoms with Gasteiger partial charge in [0.1, 0.15) is 5.78 Å². The Hall–Kier alpha value is -0.830. The molecule has 0 spiro atoms. The van der Waals surface area contributed by atoms with E-state index in [1.165, 1.54) is 0 Å². The van der Waals surface area contributed by atoms with Gasteiger partial charge < -0.3 is 0 Å². The van der Waals surface area contributed by atoms with Crippen LogP contribution in [0.1, 0.15) is 44.7 Å².